The first-order valence-electron chi connectivity index (χ1n) is 6.88. The van der Waals surface area contributed by atoms with Crippen LogP contribution in [0.3, 0.4) is 0 Å². The number of aryl methyl sites for hydroxylation is 2. The largest absolute Gasteiger partial charge is 0.360 e. The molecule has 0 aliphatic rings. The second kappa shape index (κ2) is 7.52. The van der Waals surface area contributed by atoms with E-state index in [1.165, 1.54) is 32.0 Å². The molecule has 0 unspecified atom stereocenters. The highest BCUT2D eigenvalue weighted by atomic mass is 35.5. The minimum absolute atomic E-state index is 0.0123. The highest BCUT2D eigenvalue weighted by Gasteiger charge is 2.23. The summed E-state index contributed by atoms with van der Waals surface area (Å²) >= 11 is 11.6. The molecule has 0 aliphatic heterocycles. The molecule has 0 aliphatic carbocycles. The average Bonchev–Trinajstić information content (AvgIpc) is 2.86. The molecule has 7 nitrogen and oxygen atoms in total. The lowest BCUT2D eigenvalue weighted by atomic mass is 10.2. The molecule has 1 aromatic heterocycles. The van der Waals surface area contributed by atoms with Crippen molar-refractivity contribution in [2.45, 2.75) is 18.7 Å². The van der Waals surface area contributed by atoms with Gasteiger partial charge in [0.15, 0.2) is 5.76 Å². The maximum atomic E-state index is 12.2. The van der Waals surface area contributed by atoms with Crippen molar-refractivity contribution >= 4 is 39.1 Å². The van der Waals surface area contributed by atoms with E-state index in [2.05, 4.69) is 15.2 Å². The standard InChI is InChI=1S/C14H15Cl2N3O4S/c1-8-13(9(2)23-19-8)24(21,22)18-6-5-17-14(20)10-3-4-11(15)12(16)7-10/h3-4,7,18H,5-6H2,1-2H3,(H,17,20). The Morgan fingerprint density at radius 1 is 1.21 bits per heavy atom. The fourth-order valence-corrected chi connectivity index (χ4v) is 3.69. The number of amides is 1. The second-order valence-corrected chi connectivity index (χ2v) is 7.45. The molecule has 0 radical (unpaired) electrons. The molecule has 0 saturated heterocycles. The van der Waals surface area contributed by atoms with Crippen molar-refractivity contribution < 1.29 is 17.7 Å². The molecule has 0 spiro atoms. The van der Waals surface area contributed by atoms with Crippen LogP contribution < -0.4 is 10.0 Å². The Morgan fingerprint density at radius 2 is 1.92 bits per heavy atom. The molecule has 0 saturated carbocycles. The number of rotatable bonds is 6. The van der Waals surface area contributed by atoms with Crippen LogP contribution in [0.4, 0.5) is 0 Å². The van der Waals surface area contributed by atoms with Gasteiger partial charge in [0.2, 0.25) is 10.0 Å². The van der Waals surface area contributed by atoms with Crippen molar-refractivity contribution in [2.24, 2.45) is 0 Å². The van der Waals surface area contributed by atoms with Gasteiger partial charge >= 0.3 is 0 Å². The first-order valence-corrected chi connectivity index (χ1v) is 9.12. The van der Waals surface area contributed by atoms with E-state index in [4.69, 9.17) is 27.7 Å². The zero-order valence-corrected chi connectivity index (χ0v) is 15.2. The number of carbonyl (C=O) groups excluding carboxylic acids is 1. The third kappa shape index (κ3) is 4.27. The van der Waals surface area contributed by atoms with Crippen LogP contribution in [-0.4, -0.2) is 32.6 Å². The fourth-order valence-electron chi connectivity index (χ4n) is 2.03. The summed E-state index contributed by atoms with van der Waals surface area (Å²) in [4.78, 5) is 12.0. The molecule has 1 heterocycles. The Kier molecular flexibility index (Phi) is 5.87. The Hall–Kier alpha value is -1.61. The summed E-state index contributed by atoms with van der Waals surface area (Å²) in [6, 6.07) is 4.48. The fraction of sp³-hybridized carbons (Fsp3) is 0.286. The Labute approximate surface area is 149 Å². The molecule has 0 bridgehead atoms. The number of nitrogens with zero attached hydrogens (tertiary/aromatic N) is 1. The van der Waals surface area contributed by atoms with Crippen LogP contribution in [0, 0.1) is 13.8 Å². The van der Waals surface area contributed by atoms with Crippen LogP contribution in [0.5, 0.6) is 0 Å². The number of carbonyl (C=O) groups is 1. The van der Waals surface area contributed by atoms with Crippen molar-refractivity contribution in [1.29, 1.82) is 0 Å². The third-order valence-electron chi connectivity index (χ3n) is 3.12. The van der Waals surface area contributed by atoms with Crippen LogP contribution in [0.1, 0.15) is 21.8 Å². The number of hydrogen-bond acceptors (Lipinski definition) is 5. The predicted molar refractivity (Wildman–Crippen MR) is 90.0 cm³/mol. The zero-order valence-electron chi connectivity index (χ0n) is 12.9. The van der Waals surface area contributed by atoms with Crippen LogP contribution in [-0.2, 0) is 10.0 Å². The van der Waals surface area contributed by atoms with Crippen molar-refractivity contribution in [1.82, 2.24) is 15.2 Å². The average molecular weight is 392 g/mol. The Bertz CT molecular complexity index is 845. The molecule has 0 fully saturated rings. The highest BCUT2D eigenvalue weighted by Crippen LogP contribution is 2.22. The lowest BCUT2D eigenvalue weighted by Crippen LogP contribution is -2.35. The highest BCUT2D eigenvalue weighted by molar-refractivity contribution is 7.89. The van der Waals surface area contributed by atoms with Gasteiger partial charge in [-0.15, -0.1) is 0 Å². The summed E-state index contributed by atoms with van der Waals surface area (Å²) in [7, 11) is -3.75. The van der Waals surface area contributed by atoms with Crippen LogP contribution in [0.25, 0.3) is 0 Å². The van der Waals surface area contributed by atoms with Gasteiger partial charge < -0.3 is 9.84 Å². The topological polar surface area (TPSA) is 101 Å². The van der Waals surface area contributed by atoms with E-state index in [0.717, 1.165) is 0 Å². The van der Waals surface area contributed by atoms with E-state index in [1.54, 1.807) is 0 Å². The maximum absolute atomic E-state index is 12.2. The first kappa shape index (κ1) is 18.7. The number of aromatic nitrogens is 1. The van der Waals surface area contributed by atoms with Gasteiger partial charge in [-0.1, -0.05) is 28.4 Å². The van der Waals surface area contributed by atoms with Crippen LogP contribution in [0.2, 0.25) is 10.0 Å². The minimum atomic E-state index is -3.75. The molecule has 2 aromatic rings. The molecular weight excluding hydrogens is 377 g/mol. The summed E-state index contributed by atoms with van der Waals surface area (Å²) in [5, 5.41) is 6.81. The van der Waals surface area contributed by atoms with Crippen LogP contribution >= 0.6 is 23.2 Å². The maximum Gasteiger partial charge on any atom is 0.251 e. The Balaban J connectivity index is 1.90. The van der Waals surface area contributed by atoms with E-state index < -0.39 is 10.0 Å². The molecule has 24 heavy (non-hydrogen) atoms. The summed E-state index contributed by atoms with van der Waals surface area (Å²) in [6.07, 6.45) is 0. The van der Waals surface area contributed by atoms with E-state index in [0.29, 0.717) is 10.6 Å². The predicted octanol–water partition coefficient (Wildman–Crippen LogP) is 2.31. The first-order chi connectivity index (χ1) is 11.2. The van der Waals surface area contributed by atoms with Gasteiger partial charge in [-0.25, -0.2) is 13.1 Å². The van der Waals surface area contributed by atoms with Crippen LogP contribution in [0.15, 0.2) is 27.6 Å². The van der Waals surface area contributed by atoms with E-state index in [9.17, 15) is 13.2 Å². The molecule has 1 amide bonds. The van der Waals surface area contributed by atoms with Gasteiger partial charge in [0, 0.05) is 18.7 Å². The van der Waals surface area contributed by atoms with Gasteiger partial charge in [-0.2, -0.15) is 0 Å². The van der Waals surface area contributed by atoms with Gasteiger partial charge in [-0.05, 0) is 32.0 Å². The quantitative estimate of drug-likeness (QED) is 0.735. The van der Waals surface area contributed by atoms with E-state index in [1.807, 2.05) is 0 Å². The second-order valence-electron chi connectivity index (χ2n) is 4.94. The molecule has 2 rings (SSSR count). The summed E-state index contributed by atoms with van der Waals surface area (Å²) < 4.78 is 31.6. The smallest absolute Gasteiger partial charge is 0.251 e. The lowest BCUT2D eigenvalue weighted by molar-refractivity contribution is 0.0954. The van der Waals surface area contributed by atoms with Crippen molar-refractivity contribution in [2.75, 3.05) is 13.1 Å². The summed E-state index contributed by atoms with van der Waals surface area (Å²) in [6.45, 7) is 3.17. The molecule has 130 valence electrons. The molecule has 10 heteroatoms. The number of nitrogens with one attached hydrogen (secondary N) is 2. The van der Waals surface area contributed by atoms with Crippen molar-refractivity contribution in [3.8, 4) is 0 Å². The van der Waals surface area contributed by atoms with Crippen molar-refractivity contribution in [3.05, 3.63) is 45.3 Å². The number of sulfonamides is 1. The molecular formula is C14H15Cl2N3O4S. The molecule has 0 atom stereocenters. The van der Waals surface area contributed by atoms with Crippen molar-refractivity contribution in [3.63, 3.8) is 0 Å². The van der Waals surface area contributed by atoms with E-state index >= 15 is 0 Å². The van der Waals surface area contributed by atoms with Gasteiger partial charge in [0.25, 0.3) is 5.91 Å². The zero-order chi connectivity index (χ0) is 17.9. The summed E-state index contributed by atoms with van der Waals surface area (Å²) in [5.74, 6) is -0.176. The molecule has 1 aromatic carbocycles. The number of benzene rings is 1. The Morgan fingerprint density at radius 3 is 2.50 bits per heavy atom. The third-order valence-corrected chi connectivity index (χ3v) is 5.56. The van der Waals surface area contributed by atoms with Gasteiger partial charge in [0.05, 0.1) is 10.0 Å². The monoisotopic (exact) mass is 391 g/mol. The van der Waals surface area contributed by atoms with Gasteiger partial charge in [-0.3, -0.25) is 4.79 Å². The normalized spacial score (nSPS) is 11.5. The summed E-state index contributed by atoms with van der Waals surface area (Å²) in [5.41, 5.74) is 0.609. The minimum Gasteiger partial charge on any atom is -0.360 e. The number of hydrogen-bond donors (Lipinski definition) is 2. The lowest BCUT2D eigenvalue weighted by Gasteiger charge is -2.08. The molecule has 2 N–H and O–H groups in total. The SMILES string of the molecule is Cc1noc(C)c1S(=O)(=O)NCCNC(=O)c1ccc(Cl)c(Cl)c1. The van der Waals surface area contributed by atoms with E-state index in [-0.39, 0.29) is 40.4 Å². The number of halogens is 2. The van der Waals surface area contributed by atoms with Gasteiger partial charge in [0.1, 0.15) is 10.6 Å².